The first kappa shape index (κ1) is 13.5. The Balaban J connectivity index is 2.72. The topological polar surface area (TPSA) is 42.2 Å². The van der Waals surface area contributed by atoms with Crippen LogP contribution in [-0.2, 0) is 13.0 Å². The summed E-state index contributed by atoms with van der Waals surface area (Å²) >= 11 is 1.75. The highest BCUT2D eigenvalue weighted by Gasteiger charge is 2.11. The average molecular weight is 241 g/mol. The molecule has 0 atom stereocenters. The van der Waals surface area contributed by atoms with E-state index in [0.717, 1.165) is 24.5 Å². The van der Waals surface area contributed by atoms with E-state index in [2.05, 4.69) is 30.8 Å². The number of nitrogens with zero attached hydrogens (tertiary/aromatic N) is 2. The standard InChI is InChI=1S/C12H23N3S/c1-4-6-8-15(3)12-14-10(7-5-2)11(9-13)16-12/h4-9,13H2,1-3H3. The number of unbranched alkanes of at least 4 members (excludes halogenated alkanes) is 1. The smallest absolute Gasteiger partial charge is 0.185 e. The first-order chi connectivity index (χ1) is 7.72. The minimum absolute atomic E-state index is 0.620. The van der Waals surface area contributed by atoms with Crippen molar-refractivity contribution in [1.29, 1.82) is 0 Å². The number of anilines is 1. The molecule has 1 heterocycles. The van der Waals surface area contributed by atoms with Crippen LogP contribution in [0.4, 0.5) is 5.13 Å². The van der Waals surface area contributed by atoms with E-state index in [1.165, 1.54) is 23.4 Å². The molecule has 0 bridgehead atoms. The van der Waals surface area contributed by atoms with Crippen LogP contribution in [-0.4, -0.2) is 18.6 Å². The zero-order valence-corrected chi connectivity index (χ0v) is 11.4. The van der Waals surface area contributed by atoms with E-state index < -0.39 is 0 Å². The van der Waals surface area contributed by atoms with Crippen molar-refractivity contribution in [3.8, 4) is 0 Å². The zero-order chi connectivity index (χ0) is 12.0. The molecular formula is C12H23N3S. The van der Waals surface area contributed by atoms with Crippen molar-refractivity contribution < 1.29 is 0 Å². The molecule has 0 unspecified atom stereocenters. The maximum absolute atomic E-state index is 5.75. The van der Waals surface area contributed by atoms with Crippen molar-refractivity contribution >= 4 is 16.5 Å². The minimum Gasteiger partial charge on any atom is -0.351 e. The molecule has 0 amide bonds. The maximum atomic E-state index is 5.75. The Kier molecular flexibility index (Phi) is 5.77. The first-order valence-electron chi connectivity index (χ1n) is 6.12. The molecule has 0 fully saturated rings. The lowest BCUT2D eigenvalue weighted by molar-refractivity contribution is 0.761. The van der Waals surface area contributed by atoms with Crippen molar-refractivity contribution in [1.82, 2.24) is 4.98 Å². The molecule has 0 aliphatic carbocycles. The molecule has 0 saturated heterocycles. The molecule has 0 aliphatic rings. The summed E-state index contributed by atoms with van der Waals surface area (Å²) in [5.74, 6) is 0. The predicted molar refractivity (Wildman–Crippen MR) is 72.2 cm³/mol. The second-order valence-electron chi connectivity index (χ2n) is 4.10. The van der Waals surface area contributed by atoms with Crippen LogP contribution in [0, 0.1) is 0 Å². The van der Waals surface area contributed by atoms with Crippen molar-refractivity contribution in [2.75, 3.05) is 18.5 Å². The molecule has 16 heavy (non-hydrogen) atoms. The van der Waals surface area contributed by atoms with Gasteiger partial charge in [-0.1, -0.05) is 26.7 Å². The summed E-state index contributed by atoms with van der Waals surface area (Å²) in [4.78, 5) is 8.18. The first-order valence-corrected chi connectivity index (χ1v) is 6.94. The number of rotatable bonds is 7. The molecule has 3 nitrogen and oxygen atoms in total. The summed E-state index contributed by atoms with van der Waals surface area (Å²) < 4.78 is 0. The number of aryl methyl sites for hydroxylation is 1. The molecule has 2 N–H and O–H groups in total. The Morgan fingerprint density at radius 2 is 2.06 bits per heavy atom. The molecule has 0 aromatic carbocycles. The van der Waals surface area contributed by atoms with Gasteiger partial charge >= 0.3 is 0 Å². The van der Waals surface area contributed by atoms with Gasteiger partial charge < -0.3 is 10.6 Å². The predicted octanol–water partition coefficient (Wildman–Crippen LogP) is 2.79. The Hall–Kier alpha value is -0.610. The third-order valence-corrected chi connectivity index (χ3v) is 3.85. The normalized spacial score (nSPS) is 10.8. The number of thiazole rings is 1. The van der Waals surface area contributed by atoms with Crippen LogP contribution in [0.5, 0.6) is 0 Å². The van der Waals surface area contributed by atoms with Crippen LogP contribution in [0.2, 0.25) is 0 Å². The third kappa shape index (κ3) is 3.46. The Labute approximate surface area is 103 Å². The summed E-state index contributed by atoms with van der Waals surface area (Å²) in [5.41, 5.74) is 6.95. The lowest BCUT2D eigenvalue weighted by Gasteiger charge is -2.14. The molecule has 0 saturated carbocycles. The van der Waals surface area contributed by atoms with E-state index in [1.54, 1.807) is 11.3 Å². The van der Waals surface area contributed by atoms with Gasteiger partial charge in [0.15, 0.2) is 5.13 Å². The van der Waals surface area contributed by atoms with Gasteiger partial charge in [0.25, 0.3) is 0 Å². The summed E-state index contributed by atoms with van der Waals surface area (Å²) in [7, 11) is 2.12. The van der Waals surface area contributed by atoms with E-state index in [1.807, 2.05) is 0 Å². The molecule has 0 radical (unpaired) electrons. The van der Waals surface area contributed by atoms with Gasteiger partial charge in [0, 0.05) is 25.0 Å². The van der Waals surface area contributed by atoms with E-state index >= 15 is 0 Å². The van der Waals surface area contributed by atoms with E-state index in [9.17, 15) is 0 Å². The van der Waals surface area contributed by atoms with Crippen LogP contribution in [0.25, 0.3) is 0 Å². The summed E-state index contributed by atoms with van der Waals surface area (Å²) in [6, 6.07) is 0. The number of nitrogens with two attached hydrogens (primary N) is 1. The Morgan fingerprint density at radius 3 is 2.62 bits per heavy atom. The Morgan fingerprint density at radius 1 is 1.31 bits per heavy atom. The fourth-order valence-electron chi connectivity index (χ4n) is 1.62. The maximum Gasteiger partial charge on any atom is 0.185 e. The van der Waals surface area contributed by atoms with E-state index in [-0.39, 0.29) is 0 Å². The molecule has 4 heteroatoms. The fraction of sp³-hybridized carbons (Fsp3) is 0.750. The Bertz CT molecular complexity index is 309. The summed E-state index contributed by atoms with van der Waals surface area (Å²) in [6.45, 7) is 6.10. The van der Waals surface area contributed by atoms with Crippen molar-refractivity contribution in [3.05, 3.63) is 10.6 Å². The minimum atomic E-state index is 0.620. The van der Waals surface area contributed by atoms with Crippen LogP contribution < -0.4 is 10.6 Å². The lowest BCUT2D eigenvalue weighted by atomic mass is 10.2. The van der Waals surface area contributed by atoms with E-state index in [4.69, 9.17) is 5.73 Å². The fourth-order valence-corrected chi connectivity index (χ4v) is 2.59. The highest BCUT2D eigenvalue weighted by atomic mass is 32.1. The SMILES string of the molecule is CCCCN(C)c1nc(CCC)c(CN)s1. The zero-order valence-electron chi connectivity index (χ0n) is 10.6. The van der Waals surface area contributed by atoms with Crippen LogP contribution in [0.15, 0.2) is 0 Å². The number of hydrogen-bond donors (Lipinski definition) is 1. The molecule has 0 spiro atoms. The lowest BCUT2D eigenvalue weighted by Crippen LogP contribution is -2.17. The molecule has 0 aliphatic heterocycles. The van der Waals surface area contributed by atoms with Crippen molar-refractivity contribution in [2.45, 2.75) is 46.1 Å². The van der Waals surface area contributed by atoms with Crippen LogP contribution >= 0.6 is 11.3 Å². The molecule has 1 aromatic rings. The summed E-state index contributed by atoms with van der Waals surface area (Å²) in [6.07, 6.45) is 4.62. The summed E-state index contributed by atoms with van der Waals surface area (Å²) in [5, 5.41) is 1.12. The molecule has 1 aromatic heterocycles. The van der Waals surface area contributed by atoms with Crippen LogP contribution in [0.3, 0.4) is 0 Å². The van der Waals surface area contributed by atoms with E-state index in [0.29, 0.717) is 6.54 Å². The van der Waals surface area contributed by atoms with Gasteiger partial charge in [-0.2, -0.15) is 0 Å². The van der Waals surface area contributed by atoms with Gasteiger partial charge in [-0.25, -0.2) is 4.98 Å². The quantitative estimate of drug-likeness (QED) is 0.798. The molecular weight excluding hydrogens is 218 g/mol. The number of hydrogen-bond acceptors (Lipinski definition) is 4. The van der Waals surface area contributed by atoms with Gasteiger partial charge in [-0.15, -0.1) is 11.3 Å². The highest BCUT2D eigenvalue weighted by Crippen LogP contribution is 2.26. The van der Waals surface area contributed by atoms with Gasteiger partial charge in [0.1, 0.15) is 0 Å². The largest absolute Gasteiger partial charge is 0.351 e. The van der Waals surface area contributed by atoms with Crippen molar-refractivity contribution in [2.24, 2.45) is 5.73 Å². The van der Waals surface area contributed by atoms with Gasteiger partial charge in [0.2, 0.25) is 0 Å². The second kappa shape index (κ2) is 6.86. The van der Waals surface area contributed by atoms with Gasteiger partial charge in [-0.05, 0) is 12.8 Å². The monoisotopic (exact) mass is 241 g/mol. The van der Waals surface area contributed by atoms with Gasteiger partial charge in [-0.3, -0.25) is 0 Å². The molecule has 92 valence electrons. The second-order valence-corrected chi connectivity index (χ2v) is 5.16. The molecule has 1 rings (SSSR count). The number of aromatic nitrogens is 1. The van der Waals surface area contributed by atoms with Crippen LogP contribution in [0.1, 0.15) is 43.7 Å². The third-order valence-electron chi connectivity index (χ3n) is 2.61. The highest BCUT2D eigenvalue weighted by molar-refractivity contribution is 7.15. The average Bonchev–Trinajstić information content (AvgIpc) is 2.69. The van der Waals surface area contributed by atoms with Crippen molar-refractivity contribution in [3.63, 3.8) is 0 Å². The van der Waals surface area contributed by atoms with Gasteiger partial charge in [0.05, 0.1) is 5.69 Å².